The molecule has 80 valence electrons. The Morgan fingerprint density at radius 2 is 2.25 bits per heavy atom. The van der Waals surface area contributed by atoms with Crippen LogP contribution in [0.1, 0.15) is 5.82 Å². The van der Waals surface area contributed by atoms with Crippen LogP contribution in [0.2, 0.25) is 0 Å². The van der Waals surface area contributed by atoms with E-state index in [1.54, 1.807) is 18.5 Å². The van der Waals surface area contributed by atoms with Crippen LogP contribution in [0.3, 0.4) is 0 Å². The number of rotatable bonds is 1. The number of hydrogen-bond donors (Lipinski definition) is 1. The van der Waals surface area contributed by atoms with Crippen molar-refractivity contribution < 1.29 is 0 Å². The fraction of sp³-hybridized carbons (Fsp3) is 0.111. The Hall–Kier alpha value is -2.44. The van der Waals surface area contributed by atoms with E-state index in [9.17, 15) is 4.79 Å². The van der Waals surface area contributed by atoms with Gasteiger partial charge in [-0.15, -0.1) is 0 Å². The predicted octanol–water partition coefficient (Wildman–Crippen LogP) is -0.0883. The summed E-state index contributed by atoms with van der Waals surface area (Å²) in [6, 6.07) is 1.71. The first kappa shape index (κ1) is 8.84. The van der Waals surface area contributed by atoms with Crippen molar-refractivity contribution in [1.82, 2.24) is 29.1 Å². The molecule has 0 saturated carbocycles. The van der Waals surface area contributed by atoms with Gasteiger partial charge in [0.25, 0.3) is 0 Å². The Balaban J connectivity index is 2.27. The summed E-state index contributed by atoms with van der Waals surface area (Å²) >= 11 is 0. The molecular weight excluding hydrogens is 208 g/mol. The van der Waals surface area contributed by atoms with Crippen LogP contribution < -0.4 is 5.69 Å². The highest BCUT2D eigenvalue weighted by Gasteiger charge is 2.05. The molecule has 0 aliphatic carbocycles. The molecule has 0 bridgehead atoms. The number of fused-ring (bicyclic) bond motifs is 1. The topological polar surface area (TPSA) is 80.9 Å². The summed E-state index contributed by atoms with van der Waals surface area (Å²) in [5, 5.41) is 6.23. The number of aromatic nitrogens is 6. The van der Waals surface area contributed by atoms with E-state index in [0.29, 0.717) is 11.5 Å². The summed E-state index contributed by atoms with van der Waals surface area (Å²) in [5.74, 6) is 1.51. The van der Waals surface area contributed by atoms with Gasteiger partial charge in [0.15, 0.2) is 5.65 Å². The van der Waals surface area contributed by atoms with Crippen LogP contribution in [0.25, 0.3) is 11.5 Å². The van der Waals surface area contributed by atoms with Gasteiger partial charge in [-0.1, -0.05) is 0 Å². The minimum absolute atomic E-state index is 0.295. The molecule has 0 saturated heterocycles. The Morgan fingerprint density at radius 1 is 1.38 bits per heavy atom. The van der Waals surface area contributed by atoms with Gasteiger partial charge in [-0.3, -0.25) is 4.57 Å². The zero-order chi connectivity index (χ0) is 11.1. The van der Waals surface area contributed by atoms with Gasteiger partial charge >= 0.3 is 5.69 Å². The first-order valence-electron chi connectivity index (χ1n) is 4.69. The quantitative estimate of drug-likeness (QED) is 0.616. The van der Waals surface area contributed by atoms with E-state index in [-0.39, 0.29) is 5.69 Å². The summed E-state index contributed by atoms with van der Waals surface area (Å²) in [7, 11) is 0. The van der Waals surface area contributed by atoms with Crippen LogP contribution in [0.15, 0.2) is 29.6 Å². The van der Waals surface area contributed by atoms with Crippen LogP contribution in [0.4, 0.5) is 0 Å². The van der Waals surface area contributed by atoms with E-state index in [4.69, 9.17) is 0 Å². The third kappa shape index (κ3) is 1.14. The van der Waals surface area contributed by atoms with E-state index < -0.39 is 0 Å². The molecule has 0 spiro atoms. The van der Waals surface area contributed by atoms with Gasteiger partial charge in [-0.2, -0.15) is 5.10 Å². The van der Waals surface area contributed by atoms with Gasteiger partial charge in [0, 0.05) is 18.5 Å². The third-order valence-corrected chi connectivity index (χ3v) is 2.37. The van der Waals surface area contributed by atoms with E-state index in [0.717, 1.165) is 5.82 Å². The predicted molar refractivity (Wildman–Crippen MR) is 55.5 cm³/mol. The van der Waals surface area contributed by atoms with Crippen molar-refractivity contribution in [2.75, 3.05) is 0 Å². The first-order chi connectivity index (χ1) is 7.75. The molecule has 0 aromatic carbocycles. The second-order valence-corrected chi connectivity index (χ2v) is 3.35. The number of nitrogens with one attached hydrogen (secondary N) is 1. The monoisotopic (exact) mass is 216 g/mol. The minimum atomic E-state index is -0.295. The highest BCUT2D eigenvalue weighted by molar-refractivity contribution is 5.42. The van der Waals surface area contributed by atoms with Crippen molar-refractivity contribution in [2.24, 2.45) is 0 Å². The molecule has 0 fully saturated rings. The molecule has 16 heavy (non-hydrogen) atoms. The molecule has 1 N–H and O–H groups in total. The van der Waals surface area contributed by atoms with Crippen molar-refractivity contribution in [3.63, 3.8) is 0 Å². The lowest BCUT2D eigenvalue weighted by molar-refractivity contribution is 0.906. The van der Waals surface area contributed by atoms with Crippen molar-refractivity contribution in [3.8, 4) is 5.82 Å². The Bertz CT molecular complexity index is 706. The standard InChI is InChI=1S/C9H8N6O/c1-6-10-2-3-14(6)7-4-8-12-13-9(16)15(8)5-11-7/h2-5H,1H3,(H,13,16). The number of aryl methyl sites for hydroxylation is 1. The molecule has 7 heteroatoms. The number of imidazole rings is 1. The SMILES string of the molecule is Cc1nccn1-c1cc2n[nH]c(=O)n2cn1. The number of hydrogen-bond acceptors (Lipinski definition) is 4. The van der Waals surface area contributed by atoms with Gasteiger partial charge in [0.05, 0.1) is 0 Å². The lowest BCUT2D eigenvalue weighted by Gasteiger charge is -2.02. The average molecular weight is 216 g/mol. The van der Waals surface area contributed by atoms with Gasteiger partial charge in [-0.05, 0) is 6.92 Å². The maximum Gasteiger partial charge on any atom is 0.348 e. The molecule has 0 atom stereocenters. The lowest BCUT2D eigenvalue weighted by atomic mass is 10.5. The first-order valence-corrected chi connectivity index (χ1v) is 4.69. The normalized spacial score (nSPS) is 11.1. The molecule has 0 unspecified atom stereocenters. The second kappa shape index (κ2) is 3.02. The smallest absolute Gasteiger partial charge is 0.288 e. The maximum absolute atomic E-state index is 11.2. The van der Waals surface area contributed by atoms with E-state index >= 15 is 0 Å². The minimum Gasteiger partial charge on any atom is -0.288 e. The number of nitrogens with zero attached hydrogens (tertiary/aromatic N) is 5. The van der Waals surface area contributed by atoms with E-state index in [1.165, 1.54) is 10.7 Å². The van der Waals surface area contributed by atoms with Crippen molar-refractivity contribution >= 4 is 5.65 Å². The van der Waals surface area contributed by atoms with Crippen molar-refractivity contribution in [2.45, 2.75) is 6.92 Å². The summed E-state index contributed by atoms with van der Waals surface area (Å²) in [6.45, 7) is 1.88. The summed E-state index contributed by atoms with van der Waals surface area (Å²) < 4.78 is 3.16. The van der Waals surface area contributed by atoms with Crippen LogP contribution in [0, 0.1) is 6.92 Å². The molecule has 0 radical (unpaired) electrons. The third-order valence-electron chi connectivity index (χ3n) is 2.37. The summed E-state index contributed by atoms with van der Waals surface area (Å²) in [4.78, 5) is 19.5. The maximum atomic E-state index is 11.2. The van der Waals surface area contributed by atoms with Crippen LogP contribution in [-0.2, 0) is 0 Å². The Labute approximate surface area is 89.4 Å². The Kier molecular flexibility index (Phi) is 1.67. The van der Waals surface area contributed by atoms with Crippen LogP contribution >= 0.6 is 0 Å². The highest BCUT2D eigenvalue weighted by atomic mass is 16.1. The van der Waals surface area contributed by atoms with E-state index in [1.807, 2.05) is 11.5 Å². The van der Waals surface area contributed by atoms with E-state index in [2.05, 4.69) is 20.2 Å². The lowest BCUT2D eigenvalue weighted by Crippen LogP contribution is -2.10. The van der Waals surface area contributed by atoms with Gasteiger partial charge in [-0.25, -0.2) is 24.3 Å². The summed E-state index contributed by atoms with van der Waals surface area (Å²) in [6.07, 6.45) is 4.94. The van der Waals surface area contributed by atoms with Crippen molar-refractivity contribution in [3.05, 3.63) is 41.1 Å². The average Bonchev–Trinajstić information content (AvgIpc) is 2.86. The van der Waals surface area contributed by atoms with Gasteiger partial charge in [0.2, 0.25) is 0 Å². The molecule has 3 aromatic rings. The zero-order valence-corrected chi connectivity index (χ0v) is 8.45. The van der Waals surface area contributed by atoms with Crippen LogP contribution in [0.5, 0.6) is 0 Å². The molecule has 0 aliphatic rings. The Morgan fingerprint density at radius 3 is 3.00 bits per heavy atom. The fourth-order valence-electron chi connectivity index (χ4n) is 1.55. The molecule has 7 nitrogen and oxygen atoms in total. The highest BCUT2D eigenvalue weighted by Crippen LogP contribution is 2.07. The largest absolute Gasteiger partial charge is 0.348 e. The number of aromatic amines is 1. The molecule has 3 aromatic heterocycles. The molecule has 3 rings (SSSR count). The molecule has 3 heterocycles. The molecule has 0 aliphatic heterocycles. The van der Waals surface area contributed by atoms with Crippen molar-refractivity contribution in [1.29, 1.82) is 0 Å². The zero-order valence-electron chi connectivity index (χ0n) is 8.45. The number of H-pyrrole nitrogens is 1. The van der Waals surface area contributed by atoms with Gasteiger partial charge in [0.1, 0.15) is 18.0 Å². The second-order valence-electron chi connectivity index (χ2n) is 3.35. The summed E-state index contributed by atoms with van der Waals surface area (Å²) in [5.41, 5.74) is 0.236. The van der Waals surface area contributed by atoms with Crippen LogP contribution in [-0.4, -0.2) is 29.1 Å². The fourth-order valence-corrected chi connectivity index (χ4v) is 1.55. The van der Waals surface area contributed by atoms with Gasteiger partial charge < -0.3 is 0 Å². The molecular formula is C9H8N6O. The molecule has 0 amide bonds.